The molecule has 7 heteroatoms. The summed E-state index contributed by atoms with van der Waals surface area (Å²) in [6, 6.07) is 8.31. The number of amides is 4. The molecule has 4 amide bonds. The van der Waals surface area contributed by atoms with E-state index in [4.69, 9.17) is 11.6 Å². The molecule has 0 aromatic heterocycles. The van der Waals surface area contributed by atoms with Crippen molar-refractivity contribution in [1.29, 1.82) is 0 Å². The summed E-state index contributed by atoms with van der Waals surface area (Å²) < 4.78 is 0. The average molecular weight is 464 g/mol. The fourth-order valence-corrected chi connectivity index (χ4v) is 4.52. The number of anilines is 2. The Kier molecular flexibility index (Phi) is 5.45. The maximum atomic E-state index is 13.3. The molecule has 1 N–H and O–H groups in total. The lowest BCUT2D eigenvalue weighted by Gasteiger charge is -2.40. The number of hydrogen-bond acceptors (Lipinski definition) is 4. The highest BCUT2D eigenvalue weighted by molar-refractivity contribution is 6.40. The highest BCUT2D eigenvalue weighted by Gasteiger charge is 2.38. The van der Waals surface area contributed by atoms with Crippen LogP contribution in [0, 0.1) is 13.8 Å². The van der Waals surface area contributed by atoms with Crippen molar-refractivity contribution in [2.24, 2.45) is 0 Å². The number of carbonyl (C=O) groups is 3. The van der Waals surface area contributed by atoms with Crippen LogP contribution in [0.2, 0.25) is 5.02 Å². The number of benzene rings is 2. The number of barbiturate groups is 1. The van der Waals surface area contributed by atoms with Gasteiger partial charge >= 0.3 is 6.03 Å². The molecule has 0 saturated carbocycles. The van der Waals surface area contributed by atoms with Gasteiger partial charge in [0.1, 0.15) is 5.57 Å². The second-order valence-electron chi connectivity index (χ2n) is 9.11. The highest BCUT2D eigenvalue weighted by atomic mass is 35.5. The molecule has 170 valence electrons. The van der Waals surface area contributed by atoms with Crippen LogP contribution in [0.4, 0.5) is 16.2 Å². The summed E-state index contributed by atoms with van der Waals surface area (Å²) >= 11 is 6.60. The average Bonchev–Trinajstić information content (AvgIpc) is 2.72. The van der Waals surface area contributed by atoms with Gasteiger partial charge in [0.05, 0.1) is 11.2 Å². The van der Waals surface area contributed by atoms with Gasteiger partial charge in [-0.15, -0.1) is 0 Å². The van der Waals surface area contributed by atoms with Crippen LogP contribution in [-0.4, -0.2) is 30.4 Å². The van der Waals surface area contributed by atoms with E-state index < -0.39 is 17.8 Å². The third-order valence-electron chi connectivity index (χ3n) is 6.55. The molecule has 2 aliphatic rings. The number of halogens is 1. The zero-order chi connectivity index (χ0) is 24.2. The number of rotatable bonds is 2. The third kappa shape index (κ3) is 3.74. The lowest BCUT2D eigenvalue weighted by atomic mass is 9.88. The zero-order valence-corrected chi connectivity index (χ0v) is 20.3. The normalized spacial score (nSPS) is 18.9. The van der Waals surface area contributed by atoms with Crippen LogP contribution in [0.15, 0.2) is 42.0 Å². The predicted octanol–water partition coefficient (Wildman–Crippen LogP) is 5.25. The minimum atomic E-state index is -0.768. The van der Waals surface area contributed by atoms with Gasteiger partial charge in [0.25, 0.3) is 11.8 Å². The van der Waals surface area contributed by atoms with Gasteiger partial charge in [-0.05, 0) is 81.2 Å². The Morgan fingerprint density at radius 2 is 1.73 bits per heavy atom. The number of carbonyl (C=O) groups excluding carboxylic acids is 3. The van der Waals surface area contributed by atoms with Gasteiger partial charge in [-0.1, -0.05) is 29.8 Å². The molecule has 4 rings (SSSR count). The van der Waals surface area contributed by atoms with Gasteiger partial charge in [0.2, 0.25) is 0 Å². The first-order chi connectivity index (χ1) is 15.4. The molecule has 6 nitrogen and oxygen atoms in total. The second-order valence-corrected chi connectivity index (χ2v) is 9.51. The van der Waals surface area contributed by atoms with Crippen molar-refractivity contribution >= 4 is 52.5 Å². The maximum Gasteiger partial charge on any atom is 0.335 e. The SMILES string of the molecule is CC1=CC(C)(C)N(C)c2cc(Cl)c(/C=C3/C(=O)NC(=O)N(c4cccc(C)c4C)C3=O)cc21. The van der Waals surface area contributed by atoms with Crippen LogP contribution < -0.4 is 15.1 Å². The second kappa shape index (κ2) is 7.89. The fourth-order valence-electron chi connectivity index (χ4n) is 4.31. The lowest BCUT2D eigenvalue weighted by molar-refractivity contribution is -0.122. The van der Waals surface area contributed by atoms with E-state index >= 15 is 0 Å². The van der Waals surface area contributed by atoms with E-state index in [1.165, 1.54) is 6.08 Å². The van der Waals surface area contributed by atoms with Crippen molar-refractivity contribution in [1.82, 2.24) is 5.32 Å². The Labute approximate surface area is 198 Å². The van der Waals surface area contributed by atoms with Crippen molar-refractivity contribution in [3.05, 3.63) is 69.3 Å². The molecule has 2 aromatic rings. The fraction of sp³-hybridized carbons (Fsp3) is 0.269. The highest BCUT2D eigenvalue weighted by Crippen LogP contribution is 2.41. The monoisotopic (exact) mass is 463 g/mol. The van der Waals surface area contributed by atoms with Gasteiger partial charge in [0, 0.05) is 23.3 Å². The number of nitrogens with one attached hydrogen (secondary N) is 1. The molecular weight excluding hydrogens is 438 g/mol. The van der Waals surface area contributed by atoms with Crippen LogP contribution in [0.5, 0.6) is 0 Å². The molecular formula is C26H26ClN3O3. The van der Waals surface area contributed by atoms with Gasteiger partial charge < -0.3 is 4.90 Å². The molecule has 0 radical (unpaired) electrons. The van der Waals surface area contributed by atoms with Gasteiger partial charge in [-0.25, -0.2) is 9.69 Å². The molecule has 0 atom stereocenters. The Morgan fingerprint density at radius 1 is 1.03 bits per heavy atom. The summed E-state index contributed by atoms with van der Waals surface area (Å²) in [5, 5.41) is 2.69. The van der Waals surface area contributed by atoms with E-state index in [1.807, 2.05) is 46.0 Å². The number of aryl methyl sites for hydroxylation is 1. The van der Waals surface area contributed by atoms with Crippen LogP contribution >= 0.6 is 11.6 Å². The van der Waals surface area contributed by atoms with Crippen LogP contribution in [0.3, 0.4) is 0 Å². The summed E-state index contributed by atoms with van der Waals surface area (Å²) in [6.45, 7) is 9.99. The first-order valence-electron chi connectivity index (χ1n) is 10.7. The van der Waals surface area contributed by atoms with Crippen LogP contribution in [0.25, 0.3) is 11.6 Å². The molecule has 0 bridgehead atoms. The molecule has 1 saturated heterocycles. The smallest absolute Gasteiger partial charge is 0.335 e. The molecule has 0 spiro atoms. The zero-order valence-electron chi connectivity index (χ0n) is 19.5. The first kappa shape index (κ1) is 22.8. The maximum absolute atomic E-state index is 13.3. The number of imide groups is 2. The summed E-state index contributed by atoms with van der Waals surface area (Å²) in [5.74, 6) is -1.43. The molecule has 2 aromatic carbocycles. The number of urea groups is 1. The van der Waals surface area contributed by atoms with Crippen molar-refractivity contribution in [2.75, 3.05) is 16.8 Å². The van der Waals surface area contributed by atoms with E-state index in [1.54, 1.807) is 12.1 Å². The Balaban J connectivity index is 1.81. The van der Waals surface area contributed by atoms with E-state index in [0.29, 0.717) is 16.3 Å². The Morgan fingerprint density at radius 3 is 2.42 bits per heavy atom. The number of fused-ring (bicyclic) bond motifs is 1. The standard InChI is InChI=1S/C26H26ClN3O3/c1-14-8-7-9-21(16(14)3)30-24(32)19(23(31)28-25(30)33)11-17-10-18-15(2)13-26(4,5)29(6)22(18)12-20(17)27/h7-13H,1-6H3,(H,28,31,33)/b19-11-. The summed E-state index contributed by atoms with van der Waals surface area (Å²) in [4.78, 5) is 41.7. The Bertz CT molecular complexity index is 1290. The Hall–Kier alpha value is -3.38. The quantitative estimate of drug-likeness (QED) is 0.487. The van der Waals surface area contributed by atoms with E-state index in [0.717, 1.165) is 32.9 Å². The summed E-state index contributed by atoms with van der Waals surface area (Å²) in [7, 11) is 2.00. The van der Waals surface area contributed by atoms with Crippen LogP contribution in [0.1, 0.15) is 43.0 Å². The van der Waals surface area contributed by atoms with E-state index in [9.17, 15) is 14.4 Å². The summed E-state index contributed by atoms with van der Waals surface area (Å²) in [5.41, 5.74) is 5.39. The number of likely N-dealkylation sites (N-methyl/N-ethyl adjacent to an activating group) is 1. The van der Waals surface area contributed by atoms with Crippen LogP contribution in [-0.2, 0) is 9.59 Å². The van der Waals surface area contributed by atoms with Crippen molar-refractivity contribution in [2.45, 2.75) is 40.2 Å². The van der Waals surface area contributed by atoms with Gasteiger partial charge in [-0.3, -0.25) is 14.9 Å². The minimum absolute atomic E-state index is 0.150. The molecule has 0 unspecified atom stereocenters. The minimum Gasteiger partial charge on any atom is -0.365 e. The largest absolute Gasteiger partial charge is 0.365 e. The number of allylic oxidation sites excluding steroid dienone is 1. The van der Waals surface area contributed by atoms with Gasteiger partial charge in [0.15, 0.2) is 0 Å². The molecule has 2 heterocycles. The van der Waals surface area contributed by atoms with Crippen molar-refractivity contribution in [3.63, 3.8) is 0 Å². The number of hydrogen-bond donors (Lipinski definition) is 1. The predicted molar refractivity (Wildman–Crippen MR) is 133 cm³/mol. The van der Waals surface area contributed by atoms with Crippen molar-refractivity contribution in [3.8, 4) is 0 Å². The molecule has 33 heavy (non-hydrogen) atoms. The molecule has 1 fully saturated rings. The first-order valence-corrected chi connectivity index (χ1v) is 11.0. The third-order valence-corrected chi connectivity index (χ3v) is 6.88. The lowest BCUT2D eigenvalue weighted by Crippen LogP contribution is -2.54. The van der Waals surface area contributed by atoms with E-state index in [-0.39, 0.29) is 11.1 Å². The molecule has 2 aliphatic heterocycles. The number of nitrogens with zero attached hydrogens (tertiary/aromatic N) is 2. The molecule has 0 aliphatic carbocycles. The topological polar surface area (TPSA) is 69.7 Å². The van der Waals surface area contributed by atoms with E-state index in [2.05, 4.69) is 30.1 Å². The van der Waals surface area contributed by atoms with Crippen molar-refractivity contribution < 1.29 is 14.4 Å². The van der Waals surface area contributed by atoms with Gasteiger partial charge in [-0.2, -0.15) is 0 Å². The summed E-state index contributed by atoms with van der Waals surface area (Å²) in [6.07, 6.45) is 3.62.